The fraction of sp³-hybridized carbons (Fsp3) is 0.214. The Kier molecular flexibility index (Phi) is 4.07. The second kappa shape index (κ2) is 5.95. The molecule has 0 spiro atoms. The summed E-state index contributed by atoms with van der Waals surface area (Å²) in [5.41, 5.74) is 1.22. The van der Waals surface area contributed by atoms with E-state index in [0.717, 1.165) is 6.42 Å². The van der Waals surface area contributed by atoms with Gasteiger partial charge in [-0.05, 0) is 18.6 Å². The Bertz CT molecular complexity index is 584. The highest BCUT2D eigenvalue weighted by Crippen LogP contribution is 2.24. The Labute approximate surface area is 110 Å². The van der Waals surface area contributed by atoms with Gasteiger partial charge in [-0.15, -0.1) is 0 Å². The third-order valence-corrected chi connectivity index (χ3v) is 2.51. The normalized spacial score (nSPS) is 10.2. The third kappa shape index (κ3) is 3.07. The second-order valence-corrected chi connectivity index (χ2v) is 3.96. The quantitative estimate of drug-likeness (QED) is 0.892. The van der Waals surface area contributed by atoms with Crippen molar-refractivity contribution in [1.29, 1.82) is 0 Å². The zero-order valence-electron chi connectivity index (χ0n) is 10.5. The Morgan fingerprint density at radius 3 is 3.00 bits per heavy atom. The van der Waals surface area contributed by atoms with Crippen LogP contribution in [-0.4, -0.2) is 27.7 Å². The minimum Gasteiger partial charge on any atom is -0.492 e. The molecule has 1 N–H and O–H groups in total. The van der Waals surface area contributed by atoms with Gasteiger partial charge in [0, 0.05) is 23.5 Å². The van der Waals surface area contributed by atoms with E-state index in [1.165, 1.54) is 6.20 Å². The van der Waals surface area contributed by atoms with Crippen molar-refractivity contribution in [1.82, 2.24) is 9.97 Å². The van der Waals surface area contributed by atoms with Crippen molar-refractivity contribution in [3.8, 4) is 16.9 Å². The van der Waals surface area contributed by atoms with Crippen molar-refractivity contribution in [3.63, 3.8) is 0 Å². The van der Waals surface area contributed by atoms with Crippen molar-refractivity contribution in [3.05, 3.63) is 42.5 Å². The van der Waals surface area contributed by atoms with E-state index < -0.39 is 5.97 Å². The van der Waals surface area contributed by atoms with Crippen LogP contribution >= 0.6 is 0 Å². The van der Waals surface area contributed by atoms with Gasteiger partial charge in [0.15, 0.2) is 5.69 Å². The molecule has 19 heavy (non-hydrogen) atoms. The molecule has 0 unspecified atom stereocenters. The molecule has 0 saturated carbocycles. The number of aromatic nitrogens is 2. The highest BCUT2D eigenvalue weighted by Gasteiger charge is 2.13. The number of carbonyl (C=O) groups is 1. The molecule has 2 aromatic rings. The van der Waals surface area contributed by atoms with E-state index in [4.69, 9.17) is 9.84 Å². The molecule has 0 aliphatic heterocycles. The summed E-state index contributed by atoms with van der Waals surface area (Å²) in [7, 11) is 0. The molecule has 5 nitrogen and oxygen atoms in total. The Balaban J connectivity index is 2.39. The van der Waals surface area contributed by atoms with Crippen LogP contribution in [0.1, 0.15) is 23.8 Å². The first-order valence-electron chi connectivity index (χ1n) is 5.99. The minimum absolute atomic E-state index is 0.0111. The lowest BCUT2D eigenvalue weighted by Crippen LogP contribution is -2.03. The molecule has 0 bridgehead atoms. The van der Waals surface area contributed by atoms with Gasteiger partial charge in [0.1, 0.15) is 5.75 Å². The van der Waals surface area contributed by atoms with Crippen molar-refractivity contribution in [2.75, 3.05) is 6.61 Å². The highest BCUT2D eigenvalue weighted by atomic mass is 16.5. The molecule has 2 heterocycles. The number of aromatic carboxylic acids is 1. The van der Waals surface area contributed by atoms with E-state index in [0.29, 0.717) is 23.5 Å². The van der Waals surface area contributed by atoms with Crippen LogP contribution < -0.4 is 4.74 Å². The van der Waals surface area contributed by atoms with Gasteiger partial charge < -0.3 is 9.84 Å². The molecule has 0 fully saturated rings. The number of hydrogen-bond acceptors (Lipinski definition) is 4. The molecule has 0 radical (unpaired) electrons. The molecule has 5 heteroatoms. The maximum absolute atomic E-state index is 11.1. The molecule has 0 aromatic carbocycles. The number of rotatable bonds is 5. The number of carboxylic acid groups (broad SMARTS) is 1. The van der Waals surface area contributed by atoms with Gasteiger partial charge in [-0.1, -0.05) is 13.0 Å². The fourth-order valence-corrected chi connectivity index (χ4v) is 1.67. The van der Waals surface area contributed by atoms with E-state index in [-0.39, 0.29) is 5.69 Å². The topological polar surface area (TPSA) is 72.3 Å². The summed E-state index contributed by atoms with van der Waals surface area (Å²) in [6.45, 7) is 2.62. The third-order valence-electron chi connectivity index (χ3n) is 2.51. The largest absolute Gasteiger partial charge is 0.492 e. The maximum Gasteiger partial charge on any atom is 0.355 e. The van der Waals surface area contributed by atoms with Crippen LogP contribution in [0.3, 0.4) is 0 Å². The molecular formula is C14H14N2O3. The zero-order valence-corrected chi connectivity index (χ0v) is 10.5. The lowest BCUT2D eigenvalue weighted by molar-refractivity contribution is 0.0691. The minimum atomic E-state index is -1.06. The van der Waals surface area contributed by atoms with Crippen LogP contribution in [0.4, 0.5) is 0 Å². The molecule has 0 aliphatic rings. The first-order valence-corrected chi connectivity index (χ1v) is 5.99. The summed E-state index contributed by atoms with van der Waals surface area (Å²) < 4.78 is 5.49. The summed E-state index contributed by atoms with van der Waals surface area (Å²) in [6, 6.07) is 5.17. The molecule has 98 valence electrons. The van der Waals surface area contributed by atoms with Crippen LogP contribution in [0.15, 0.2) is 36.8 Å². The fourth-order valence-electron chi connectivity index (χ4n) is 1.67. The van der Waals surface area contributed by atoms with Crippen LogP contribution in [0.2, 0.25) is 0 Å². The molecule has 0 aliphatic carbocycles. The smallest absolute Gasteiger partial charge is 0.355 e. The maximum atomic E-state index is 11.1. The van der Waals surface area contributed by atoms with Gasteiger partial charge in [-0.25, -0.2) is 9.78 Å². The van der Waals surface area contributed by atoms with E-state index in [2.05, 4.69) is 9.97 Å². The van der Waals surface area contributed by atoms with Crippen molar-refractivity contribution in [2.24, 2.45) is 0 Å². The SMILES string of the molecule is CCCOc1cncc(-c2cccnc2C(=O)O)c1. The van der Waals surface area contributed by atoms with Crippen LogP contribution in [0.25, 0.3) is 11.1 Å². The molecule has 0 amide bonds. The lowest BCUT2D eigenvalue weighted by Gasteiger charge is -2.08. The van der Waals surface area contributed by atoms with Crippen molar-refractivity contribution < 1.29 is 14.6 Å². The summed E-state index contributed by atoms with van der Waals surface area (Å²) >= 11 is 0. The monoisotopic (exact) mass is 258 g/mol. The standard InChI is InChI=1S/C14H14N2O3/c1-2-6-19-11-7-10(8-15-9-11)12-4-3-5-16-13(12)14(17)18/h3-5,7-9H,2,6H2,1H3,(H,17,18). The Morgan fingerprint density at radius 1 is 1.42 bits per heavy atom. The van der Waals surface area contributed by atoms with Gasteiger partial charge in [-0.2, -0.15) is 0 Å². The summed E-state index contributed by atoms with van der Waals surface area (Å²) in [6.07, 6.45) is 5.56. The molecule has 2 aromatic heterocycles. The predicted molar refractivity (Wildman–Crippen MR) is 70.2 cm³/mol. The van der Waals surface area contributed by atoms with Gasteiger partial charge >= 0.3 is 5.97 Å². The summed E-state index contributed by atoms with van der Waals surface area (Å²) in [4.78, 5) is 19.1. The van der Waals surface area contributed by atoms with E-state index in [9.17, 15) is 4.79 Å². The van der Waals surface area contributed by atoms with Crippen molar-refractivity contribution in [2.45, 2.75) is 13.3 Å². The highest BCUT2D eigenvalue weighted by molar-refractivity contribution is 5.93. The zero-order chi connectivity index (χ0) is 13.7. The molecule has 2 rings (SSSR count). The Morgan fingerprint density at radius 2 is 2.26 bits per heavy atom. The first-order chi connectivity index (χ1) is 9.22. The van der Waals surface area contributed by atoms with Crippen LogP contribution in [0.5, 0.6) is 5.75 Å². The van der Waals surface area contributed by atoms with E-state index in [1.54, 1.807) is 30.6 Å². The predicted octanol–water partition coefficient (Wildman–Crippen LogP) is 2.63. The van der Waals surface area contributed by atoms with Gasteiger partial charge in [0.25, 0.3) is 0 Å². The molecule has 0 atom stereocenters. The Hall–Kier alpha value is -2.43. The van der Waals surface area contributed by atoms with Crippen LogP contribution in [-0.2, 0) is 0 Å². The summed E-state index contributed by atoms with van der Waals surface area (Å²) in [5, 5.41) is 9.12. The van der Waals surface area contributed by atoms with Crippen molar-refractivity contribution >= 4 is 5.97 Å². The second-order valence-electron chi connectivity index (χ2n) is 3.96. The number of pyridine rings is 2. The van der Waals surface area contributed by atoms with E-state index in [1.807, 2.05) is 6.92 Å². The number of nitrogens with zero attached hydrogens (tertiary/aromatic N) is 2. The number of hydrogen-bond donors (Lipinski definition) is 1. The first kappa shape index (κ1) is 13.0. The van der Waals surface area contributed by atoms with E-state index >= 15 is 0 Å². The number of carboxylic acids is 1. The lowest BCUT2D eigenvalue weighted by atomic mass is 10.1. The molecule has 0 saturated heterocycles. The summed E-state index contributed by atoms with van der Waals surface area (Å²) in [5.74, 6) is -0.435. The van der Waals surface area contributed by atoms with Crippen LogP contribution in [0, 0.1) is 0 Å². The average Bonchev–Trinajstić information content (AvgIpc) is 2.45. The number of ether oxygens (including phenoxy) is 1. The van der Waals surface area contributed by atoms with Gasteiger partial charge in [-0.3, -0.25) is 4.98 Å². The van der Waals surface area contributed by atoms with Gasteiger partial charge in [0.2, 0.25) is 0 Å². The molecular weight excluding hydrogens is 244 g/mol. The average molecular weight is 258 g/mol. The van der Waals surface area contributed by atoms with Gasteiger partial charge in [0.05, 0.1) is 12.8 Å².